The Hall–Kier alpha value is -4.22. The van der Waals surface area contributed by atoms with Crippen molar-refractivity contribution < 1.29 is 4.79 Å². The van der Waals surface area contributed by atoms with Gasteiger partial charge >= 0.3 is 0 Å². The second kappa shape index (κ2) is 11.2. The minimum absolute atomic E-state index is 0.102. The Morgan fingerprint density at radius 1 is 0.865 bits per heavy atom. The summed E-state index contributed by atoms with van der Waals surface area (Å²) in [5.41, 5.74) is 3.53. The number of fused-ring (bicyclic) bond motifs is 1. The molecule has 2 heterocycles. The van der Waals surface area contributed by atoms with E-state index in [4.69, 9.17) is 11.6 Å². The number of halogens is 1. The van der Waals surface area contributed by atoms with Gasteiger partial charge in [0.25, 0.3) is 11.5 Å². The molecule has 0 aliphatic carbocycles. The van der Waals surface area contributed by atoms with E-state index in [2.05, 4.69) is 34.6 Å². The van der Waals surface area contributed by atoms with Crippen LogP contribution in [0.3, 0.4) is 0 Å². The molecule has 0 saturated heterocycles. The van der Waals surface area contributed by atoms with Crippen molar-refractivity contribution in [3.8, 4) is 0 Å². The number of benzene rings is 3. The lowest BCUT2D eigenvalue weighted by Crippen LogP contribution is -2.34. The minimum Gasteiger partial charge on any atom is -0.352 e. The van der Waals surface area contributed by atoms with Crippen molar-refractivity contribution in [3.63, 3.8) is 0 Å². The molecule has 2 aromatic heterocycles. The van der Waals surface area contributed by atoms with E-state index in [1.807, 2.05) is 54.6 Å². The van der Waals surface area contributed by atoms with Crippen LogP contribution in [0.2, 0.25) is 5.02 Å². The smallest absolute Gasteiger partial charge is 0.265 e. The van der Waals surface area contributed by atoms with Crippen LogP contribution in [0.1, 0.15) is 39.4 Å². The largest absolute Gasteiger partial charge is 0.352 e. The second-order valence-electron chi connectivity index (χ2n) is 8.91. The molecule has 0 fully saturated rings. The molecule has 0 spiro atoms. The topological polar surface area (TPSA) is 64.0 Å². The molecule has 0 radical (unpaired) electrons. The number of rotatable bonds is 8. The number of carbonyl (C=O) groups excluding carboxylic acids is 1. The van der Waals surface area contributed by atoms with Gasteiger partial charge in [-0.1, -0.05) is 84.4 Å². The normalized spacial score (nSPS) is 11.1. The van der Waals surface area contributed by atoms with Gasteiger partial charge in [-0.15, -0.1) is 0 Å². The zero-order valence-corrected chi connectivity index (χ0v) is 20.9. The molecule has 0 saturated carbocycles. The SMILES string of the molecule is O=C(NCCC(c1ccccc1)c1ccccc1)c1cc2cccnc2n(Cc2ccc(Cl)cc2)c1=O. The van der Waals surface area contributed by atoms with Crippen LogP contribution in [0, 0.1) is 0 Å². The predicted molar refractivity (Wildman–Crippen MR) is 148 cm³/mol. The highest BCUT2D eigenvalue weighted by molar-refractivity contribution is 6.30. The van der Waals surface area contributed by atoms with Gasteiger partial charge in [0.05, 0.1) is 6.54 Å². The molecule has 5 rings (SSSR count). The first-order chi connectivity index (χ1) is 18.1. The summed E-state index contributed by atoms with van der Waals surface area (Å²) in [6, 6.07) is 33.1. The van der Waals surface area contributed by atoms with Gasteiger partial charge in [-0.05, 0) is 53.4 Å². The Morgan fingerprint density at radius 3 is 2.16 bits per heavy atom. The Kier molecular flexibility index (Phi) is 7.43. The van der Waals surface area contributed by atoms with Crippen LogP contribution in [0.5, 0.6) is 0 Å². The van der Waals surface area contributed by atoms with E-state index in [1.54, 1.807) is 35.0 Å². The number of hydrogen-bond acceptors (Lipinski definition) is 3. The van der Waals surface area contributed by atoms with E-state index in [9.17, 15) is 9.59 Å². The van der Waals surface area contributed by atoms with Crippen molar-refractivity contribution in [2.75, 3.05) is 6.54 Å². The molecule has 0 aliphatic heterocycles. The van der Waals surface area contributed by atoms with Crippen molar-refractivity contribution in [1.29, 1.82) is 0 Å². The van der Waals surface area contributed by atoms with E-state index in [0.29, 0.717) is 23.6 Å². The highest BCUT2D eigenvalue weighted by Gasteiger charge is 2.18. The predicted octanol–water partition coefficient (Wildman–Crippen LogP) is 6.05. The van der Waals surface area contributed by atoms with Gasteiger partial charge in [0.1, 0.15) is 11.2 Å². The number of amides is 1. The first kappa shape index (κ1) is 24.5. The molecular weight excluding hydrogens is 482 g/mol. The summed E-state index contributed by atoms with van der Waals surface area (Å²) in [5, 5.41) is 4.33. The van der Waals surface area contributed by atoms with Crippen molar-refractivity contribution in [2.45, 2.75) is 18.9 Å². The van der Waals surface area contributed by atoms with Crippen LogP contribution in [0.25, 0.3) is 11.0 Å². The number of nitrogens with one attached hydrogen (secondary N) is 1. The van der Waals surface area contributed by atoms with Gasteiger partial charge in [0.2, 0.25) is 0 Å². The van der Waals surface area contributed by atoms with Crippen LogP contribution in [0.15, 0.2) is 114 Å². The van der Waals surface area contributed by atoms with Gasteiger partial charge in [-0.2, -0.15) is 0 Å². The van der Waals surface area contributed by atoms with E-state index in [0.717, 1.165) is 10.9 Å². The maximum Gasteiger partial charge on any atom is 0.265 e. The van der Waals surface area contributed by atoms with Gasteiger partial charge in [0.15, 0.2) is 0 Å². The summed E-state index contributed by atoms with van der Waals surface area (Å²) < 4.78 is 1.55. The summed E-state index contributed by atoms with van der Waals surface area (Å²) in [5.74, 6) is -0.259. The van der Waals surface area contributed by atoms with Crippen molar-refractivity contribution in [2.24, 2.45) is 0 Å². The van der Waals surface area contributed by atoms with Crippen molar-refractivity contribution in [1.82, 2.24) is 14.9 Å². The monoisotopic (exact) mass is 507 g/mol. The summed E-state index contributed by atoms with van der Waals surface area (Å²) in [7, 11) is 0. The Labute approximate surface area is 220 Å². The van der Waals surface area contributed by atoms with Gasteiger partial charge < -0.3 is 5.32 Å². The molecule has 3 aromatic carbocycles. The lowest BCUT2D eigenvalue weighted by Gasteiger charge is -2.18. The number of aromatic nitrogens is 2. The molecule has 37 heavy (non-hydrogen) atoms. The summed E-state index contributed by atoms with van der Waals surface area (Å²) in [6.07, 6.45) is 2.35. The lowest BCUT2D eigenvalue weighted by atomic mass is 9.88. The molecule has 1 N–H and O–H groups in total. The van der Waals surface area contributed by atoms with Crippen molar-refractivity contribution in [3.05, 3.63) is 147 Å². The molecule has 0 unspecified atom stereocenters. The van der Waals surface area contributed by atoms with Gasteiger partial charge in [0, 0.05) is 29.1 Å². The first-order valence-corrected chi connectivity index (χ1v) is 12.6. The van der Waals surface area contributed by atoms with Crippen LogP contribution >= 0.6 is 11.6 Å². The third kappa shape index (κ3) is 5.63. The molecule has 184 valence electrons. The zero-order chi connectivity index (χ0) is 25.6. The van der Waals surface area contributed by atoms with Gasteiger partial charge in [-0.3, -0.25) is 14.2 Å². The number of carbonyl (C=O) groups is 1. The third-order valence-corrected chi connectivity index (χ3v) is 6.72. The number of hydrogen-bond donors (Lipinski definition) is 1. The van der Waals surface area contributed by atoms with E-state index in [-0.39, 0.29) is 29.5 Å². The molecule has 0 atom stereocenters. The van der Waals surface area contributed by atoms with E-state index < -0.39 is 0 Å². The summed E-state index contributed by atoms with van der Waals surface area (Å²) in [6.45, 7) is 0.712. The minimum atomic E-state index is -0.388. The lowest BCUT2D eigenvalue weighted by molar-refractivity contribution is 0.0951. The molecule has 1 amide bonds. The van der Waals surface area contributed by atoms with Crippen LogP contribution in [-0.4, -0.2) is 22.0 Å². The molecular formula is C31H26ClN3O2. The summed E-state index contributed by atoms with van der Waals surface area (Å²) >= 11 is 6.02. The second-order valence-corrected chi connectivity index (χ2v) is 9.35. The van der Waals surface area contributed by atoms with E-state index >= 15 is 0 Å². The Bertz CT molecular complexity index is 1530. The van der Waals surface area contributed by atoms with Crippen LogP contribution < -0.4 is 10.9 Å². The highest BCUT2D eigenvalue weighted by atomic mass is 35.5. The third-order valence-electron chi connectivity index (χ3n) is 6.47. The molecule has 5 nitrogen and oxygen atoms in total. The zero-order valence-electron chi connectivity index (χ0n) is 20.2. The van der Waals surface area contributed by atoms with Gasteiger partial charge in [-0.25, -0.2) is 4.98 Å². The molecule has 0 aliphatic rings. The Morgan fingerprint density at radius 2 is 1.51 bits per heavy atom. The molecule has 5 aromatic rings. The van der Waals surface area contributed by atoms with E-state index in [1.165, 1.54) is 11.1 Å². The Balaban J connectivity index is 1.39. The average molecular weight is 508 g/mol. The number of nitrogens with zero attached hydrogens (tertiary/aromatic N) is 2. The van der Waals surface area contributed by atoms with Crippen LogP contribution in [0.4, 0.5) is 0 Å². The molecule has 0 bridgehead atoms. The first-order valence-electron chi connectivity index (χ1n) is 12.2. The fourth-order valence-corrected chi connectivity index (χ4v) is 4.74. The maximum absolute atomic E-state index is 13.5. The average Bonchev–Trinajstić information content (AvgIpc) is 2.94. The fraction of sp³-hybridized carbons (Fsp3) is 0.129. The number of pyridine rings is 2. The highest BCUT2D eigenvalue weighted by Crippen LogP contribution is 2.27. The summed E-state index contributed by atoms with van der Waals surface area (Å²) in [4.78, 5) is 31.1. The van der Waals surface area contributed by atoms with Crippen molar-refractivity contribution >= 4 is 28.5 Å². The van der Waals surface area contributed by atoms with Crippen LogP contribution in [-0.2, 0) is 6.54 Å². The fourth-order valence-electron chi connectivity index (χ4n) is 4.61. The maximum atomic E-state index is 13.5. The quantitative estimate of drug-likeness (QED) is 0.278. The molecule has 6 heteroatoms. The standard InChI is InChI=1S/C31H26ClN3O2/c32-26-15-13-22(14-16-26)21-35-29-25(12-7-18-33-29)20-28(31(35)37)30(36)34-19-17-27(23-8-3-1-4-9-23)24-10-5-2-6-11-24/h1-16,18,20,27H,17,19,21H2,(H,34,36).